The molecule has 0 aromatic heterocycles. The Kier molecular flexibility index (Phi) is 6.44. The van der Waals surface area contributed by atoms with Gasteiger partial charge >= 0.3 is 6.09 Å². The van der Waals surface area contributed by atoms with E-state index in [1.165, 1.54) is 12.1 Å². The molecular weight excluding hydrogens is 340 g/mol. The Labute approximate surface area is 143 Å². The SMILES string of the molecule is O=C(NCC=Cc1cc(F)c(Cl)c(Cl)c1)OCc1ccccc1. The Bertz CT molecular complexity index is 682. The molecule has 1 amide bonds. The second-order valence-electron chi connectivity index (χ2n) is 4.64. The molecule has 0 saturated heterocycles. The van der Waals surface area contributed by atoms with Crippen LogP contribution in [0.25, 0.3) is 6.08 Å². The van der Waals surface area contributed by atoms with E-state index in [4.69, 9.17) is 27.9 Å². The van der Waals surface area contributed by atoms with Crippen molar-refractivity contribution in [2.24, 2.45) is 0 Å². The highest BCUT2D eigenvalue weighted by Gasteiger charge is 2.05. The summed E-state index contributed by atoms with van der Waals surface area (Å²) < 4.78 is 18.5. The van der Waals surface area contributed by atoms with E-state index in [2.05, 4.69) is 5.32 Å². The van der Waals surface area contributed by atoms with E-state index in [0.29, 0.717) is 5.56 Å². The lowest BCUT2D eigenvalue weighted by atomic mass is 10.2. The van der Waals surface area contributed by atoms with Crippen LogP contribution >= 0.6 is 23.2 Å². The normalized spacial score (nSPS) is 10.7. The average molecular weight is 354 g/mol. The maximum atomic E-state index is 13.4. The Morgan fingerprint density at radius 3 is 2.65 bits per heavy atom. The summed E-state index contributed by atoms with van der Waals surface area (Å²) in [7, 11) is 0. The summed E-state index contributed by atoms with van der Waals surface area (Å²) in [4.78, 5) is 11.5. The van der Waals surface area contributed by atoms with Crippen LogP contribution in [0.4, 0.5) is 9.18 Å². The van der Waals surface area contributed by atoms with Gasteiger partial charge in [0.2, 0.25) is 0 Å². The Morgan fingerprint density at radius 2 is 1.96 bits per heavy atom. The number of nitrogens with one attached hydrogen (secondary N) is 1. The first kappa shape index (κ1) is 17.3. The summed E-state index contributed by atoms with van der Waals surface area (Å²) in [5, 5.41) is 2.60. The molecule has 0 spiro atoms. The van der Waals surface area contributed by atoms with E-state index in [1.807, 2.05) is 30.3 Å². The molecule has 0 bridgehead atoms. The number of rotatable bonds is 5. The van der Waals surface area contributed by atoms with Crippen molar-refractivity contribution < 1.29 is 13.9 Å². The predicted octanol–water partition coefficient (Wildman–Crippen LogP) is 5.07. The quantitative estimate of drug-likeness (QED) is 0.761. The molecule has 2 aromatic carbocycles. The number of amides is 1. The Hall–Kier alpha value is -2.04. The fourth-order valence-electron chi connectivity index (χ4n) is 1.78. The first-order valence-corrected chi connectivity index (χ1v) is 7.57. The van der Waals surface area contributed by atoms with Crippen LogP contribution in [0.1, 0.15) is 11.1 Å². The lowest BCUT2D eigenvalue weighted by molar-refractivity contribution is 0.141. The standard InChI is InChI=1S/C17H14Cl2FNO2/c18-14-9-13(10-15(20)16(14)19)7-4-8-21-17(22)23-11-12-5-2-1-3-6-12/h1-7,9-10H,8,11H2,(H,21,22). The molecule has 2 rings (SSSR count). The van der Waals surface area contributed by atoms with E-state index < -0.39 is 11.9 Å². The summed E-state index contributed by atoms with van der Waals surface area (Å²) in [6.07, 6.45) is 2.75. The van der Waals surface area contributed by atoms with Crippen molar-refractivity contribution in [3.05, 3.63) is 75.5 Å². The molecule has 120 valence electrons. The summed E-state index contributed by atoms with van der Waals surface area (Å²) >= 11 is 11.4. The molecule has 0 aliphatic rings. The molecule has 0 fully saturated rings. The molecule has 0 atom stereocenters. The Balaban J connectivity index is 1.77. The highest BCUT2D eigenvalue weighted by Crippen LogP contribution is 2.26. The van der Waals surface area contributed by atoms with Gasteiger partial charge in [0.15, 0.2) is 0 Å². The maximum Gasteiger partial charge on any atom is 0.407 e. The van der Waals surface area contributed by atoms with Gasteiger partial charge in [-0.15, -0.1) is 0 Å². The third-order valence-corrected chi connectivity index (χ3v) is 3.67. The molecule has 0 aliphatic heterocycles. The number of alkyl carbamates (subject to hydrolysis) is 1. The van der Waals surface area contributed by atoms with Crippen molar-refractivity contribution in [3.8, 4) is 0 Å². The zero-order chi connectivity index (χ0) is 16.7. The number of benzene rings is 2. The first-order valence-electron chi connectivity index (χ1n) is 6.82. The van der Waals surface area contributed by atoms with Gasteiger partial charge < -0.3 is 10.1 Å². The van der Waals surface area contributed by atoms with Crippen molar-refractivity contribution >= 4 is 35.4 Å². The third-order valence-electron chi connectivity index (χ3n) is 2.89. The number of ether oxygens (including phenoxy) is 1. The van der Waals surface area contributed by atoms with Crippen LogP contribution in [-0.4, -0.2) is 12.6 Å². The molecule has 2 aromatic rings. The van der Waals surface area contributed by atoms with Crippen LogP contribution < -0.4 is 5.32 Å². The van der Waals surface area contributed by atoms with Crippen LogP contribution in [0.5, 0.6) is 0 Å². The van der Waals surface area contributed by atoms with Crippen molar-refractivity contribution in [1.82, 2.24) is 5.32 Å². The van der Waals surface area contributed by atoms with Crippen molar-refractivity contribution in [2.75, 3.05) is 6.54 Å². The van der Waals surface area contributed by atoms with Crippen LogP contribution in [0.2, 0.25) is 10.0 Å². The van der Waals surface area contributed by atoms with Crippen molar-refractivity contribution in [3.63, 3.8) is 0 Å². The zero-order valence-corrected chi connectivity index (χ0v) is 13.6. The van der Waals surface area contributed by atoms with E-state index in [9.17, 15) is 9.18 Å². The smallest absolute Gasteiger partial charge is 0.407 e. The van der Waals surface area contributed by atoms with E-state index in [-0.39, 0.29) is 23.2 Å². The van der Waals surface area contributed by atoms with Gasteiger partial charge in [0.05, 0.1) is 10.0 Å². The molecule has 0 saturated carbocycles. The second-order valence-corrected chi connectivity index (χ2v) is 5.43. The molecule has 0 unspecified atom stereocenters. The minimum atomic E-state index is -0.589. The van der Waals surface area contributed by atoms with Gasteiger partial charge in [-0.25, -0.2) is 9.18 Å². The highest BCUT2D eigenvalue weighted by molar-refractivity contribution is 6.42. The minimum absolute atomic E-state index is 0.105. The van der Waals surface area contributed by atoms with E-state index in [0.717, 1.165) is 5.56 Å². The molecule has 1 N–H and O–H groups in total. The van der Waals surface area contributed by atoms with Gasteiger partial charge in [0, 0.05) is 6.54 Å². The average Bonchev–Trinajstić information content (AvgIpc) is 2.55. The summed E-state index contributed by atoms with van der Waals surface area (Å²) in [6, 6.07) is 12.2. The largest absolute Gasteiger partial charge is 0.445 e. The summed E-state index contributed by atoms with van der Waals surface area (Å²) in [5.41, 5.74) is 1.46. The van der Waals surface area contributed by atoms with Gasteiger partial charge in [0.25, 0.3) is 0 Å². The molecule has 3 nitrogen and oxygen atoms in total. The number of hydrogen-bond donors (Lipinski definition) is 1. The second kappa shape index (κ2) is 8.56. The molecular formula is C17H14Cl2FNO2. The topological polar surface area (TPSA) is 38.3 Å². The van der Waals surface area contributed by atoms with E-state index >= 15 is 0 Å². The first-order chi connectivity index (χ1) is 11.1. The van der Waals surface area contributed by atoms with Gasteiger partial charge in [0.1, 0.15) is 12.4 Å². The zero-order valence-electron chi connectivity index (χ0n) is 12.1. The van der Waals surface area contributed by atoms with Crippen LogP contribution in [-0.2, 0) is 11.3 Å². The van der Waals surface area contributed by atoms with Gasteiger partial charge in [-0.3, -0.25) is 0 Å². The van der Waals surface area contributed by atoms with Crippen LogP contribution in [0.15, 0.2) is 48.5 Å². The number of carbonyl (C=O) groups excluding carboxylic acids is 1. The van der Waals surface area contributed by atoms with Crippen molar-refractivity contribution in [1.29, 1.82) is 0 Å². The monoisotopic (exact) mass is 353 g/mol. The number of halogens is 3. The highest BCUT2D eigenvalue weighted by atomic mass is 35.5. The fraction of sp³-hybridized carbons (Fsp3) is 0.118. The summed E-state index contributed by atoms with van der Waals surface area (Å²) in [6.45, 7) is 0.448. The van der Waals surface area contributed by atoms with Crippen molar-refractivity contribution in [2.45, 2.75) is 6.61 Å². The van der Waals surface area contributed by atoms with Crippen LogP contribution in [0, 0.1) is 5.82 Å². The van der Waals surface area contributed by atoms with Gasteiger partial charge in [-0.1, -0.05) is 65.7 Å². The lowest BCUT2D eigenvalue weighted by Gasteiger charge is -2.05. The molecule has 0 heterocycles. The van der Waals surface area contributed by atoms with Gasteiger partial charge in [-0.05, 0) is 23.3 Å². The predicted molar refractivity (Wildman–Crippen MR) is 90.1 cm³/mol. The molecule has 6 heteroatoms. The minimum Gasteiger partial charge on any atom is -0.445 e. The fourth-order valence-corrected chi connectivity index (χ4v) is 2.11. The maximum absolute atomic E-state index is 13.4. The number of hydrogen-bond acceptors (Lipinski definition) is 2. The van der Waals surface area contributed by atoms with E-state index in [1.54, 1.807) is 12.2 Å². The number of carbonyl (C=O) groups is 1. The lowest BCUT2D eigenvalue weighted by Crippen LogP contribution is -2.24. The van der Waals surface area contributed by atoms with Crippen LogP contribution in [0.3, 0.4) is 0 Å². The molecule has 0 aliphatic carbocycles. The van der Waals surface area contributed by atoms with Gasteiger partial charge in [-0.2, -0.15) is 0 Å². The molecule has 23 heavy (non-hydrogen) atoms. The third kappa shape index (κ3) is 5.58. The molecule has 0 radical (unpaired) electrons. The summed E-state index contributed by atoms with van der Waals surface area (Å²) in [5.74, 6) is -0.589. The Morgan fingerprint density at radius 1 is 1.22 bits per heavy atom.